The minimum atomic E-state index is -0.697. The summed E-state index contributed by atoms with van der Waals surface area (Å²) < 4.78 is 5.59. The fraction of sp³-hybridized carbons (Fsp3) is 0.500. The Balaban J connectivity index is 2.30. The van der Waals surface area contributed by atoms with Crippen LogP contribution in [0.25, 0.3) is 0 Å². The molecule has 0 aliphatic carbocycles. The zero-order valence-electron chi connectivity index (χ0n) is 13.9. The molecule has 130 valence electrons. The molecule has 0 aromatic heterocycles. The van der Waals surface area contributed by atoms with Gasteiger partial charge in [0.25, 0.3) is 11.6 Å². The molecule has 1 aliphatic rings. The molecule has 0 spiro atoms. The van der Waals surface area contributed by atoms with Crippen LogP contribution in [0, 0.1) is 16.0 Å². The number of nitro benzene ring substituents is 1. The molecule has 0 bridgehead atoms. The van der Waals surface area contributed by atoms with Crippen molar-refractivity contribution in [1.29, 1.82) is 0 Å². The number of carbonyl (C=O) groups excluding carboxylic acids is 2. The molecule has 8 heteroatoms. The molecule has 0 saturated carbocycles. The van der Waals surface area contributed by atoms with Crippen molar-refractivity contribution in [2.24, 2.45) is 5.92 Å². The summed E-state index contributed by atoms with van der Waals surface area (Å²) in [5.74, 6) is -0.0359. The van der Waals surface area contributed by atoms with E-state index in [0.717, 1.165) is 0 Å². The molecule has 1 heterocycles. The number of rotatable bonds is 6. The molecule has 1 unspecified atom stereocenters. The van der Waals surface area contributed by atoms with Gasteiger partial charge in [0.05, 0.1) is 10.6 Å². The normalized spacial score (nSPS) is 16.6. The first-order valence-electron chi connectivity index (χ1n) is 7.86. The van der Waals surface area contributed by atoms with Gasteiger partial charge in [-0.15, -0.1) is 0 Å². The van der Waals surface area contributed by atoms with Crippen LogP contribution in [0.1, 0.15) is 27.2 Å². The molecule has 1 aromatic carbocycles. The number of nitro groups is 1. The van der Waals surface area contributed by atoms with E-state index in [1.54, 1.807) is 6.92 Å². The average Bonchev–Trinajstić information content (AvgIpc) is 2.54. The highest BCUT2D eigenvalue weighted by Crippen LogP contribution is 2.37. The summed E-state index contributed by atoms with van der Waals surface area (Å²) in [7, 11) is 0. The van der Waals surface area contributed by atoms with E-state index < -0.39 is 11.0 Å². The molecule has 1 aromatic rings. The van der Waals surface area contributed by atoms with E-state index in [0.29, 0.717) is 18.7 Å². The molecule has 2 rings (SSSR count). The van der Waals surface area contributed by atoms with E-state index in [9.17, 15) is 19.7 Å². The lowest BCUT2D eigenvalue weighted by Crippen LogP contribution is -2.49. The van der Waals surface area contributed by atoms with Gasteiger partial charge in [-0.3, -0.25) is 24.6 Å². The van der Waals surface area contributed by atoms with E-state index in [1.807, 2.05) is 13.8 Å². The zero-order chi connectivity index (χ0) is 17.9. The van der Waals surface area contributed by atoms with Crippen molar-refractivity contribution in [2.75, 3.05) is 18.0 Å². The summed E-state index contributed by atoms with van der Waals surface area (Å²) in [4.78, 5) is 36.3. The van der Waals surface area contributed by atoms with E-state index in [4.69, 9.17) is 4.74 Å². The number of fused-ring (bicyclic) bond motifs is 1. The number of nitrogens with one attached hydrogen (secondary N) is 1. The second-order valence-corrected chi connectivity index (χ2v) is 6.05. The number of hydrogen-bond acceptors (Lipinski definition) is 5. The van der Waals surface area contributed by atoms with Crippen LogP contribution in [0.15, 0.2) is 18.2 Å². The van der Waals surface area contributed by atoms with Gasteiger partial charge in [0.1, 0.15) is 12.3 Å². The molecule has 0 fully saturated rings. The molecule has 1 N–H and O–H groups in total. The van der Waals surface area contributed by atoms with Gasteiger partial charge < -0.3 is 10.1 Å². The minimum Gasteiger partial charge on any atom is -0.478 e. The van der Waals surface area contributed by atoms with Crippen LogP contribution in [0.5, 0.6) is 5.75 Å². The van der Waals surface area contributed by atoms with E-state index in [2.05, 4.69) is 5.32 Å². The SMILES string of the molecule is CCC1Oc2ccc([N+](=O)[O-])cc2N(CC(=O)NCC(C)C)C1=O. The van der Waals surface area contributed by atoms with Crippen LogP contribution in [-0.2, 0) is 9.59 Å². The molecular formula is C16H21N3O5. The lowest BCUT2D eigenvalue weighted by atomic mass is 10.1. The molecule has 0 saturated heterocycles. The summed E-state index contributed by atoms with van der Waals surface area (Å²) in [5, 5.41) is 13.7. The first kappa shape index (κ1) is 17.7. The van der Waals surface area contributed by atoms with Gasteiger partial charge in [-0.1, -0.05) is 20.8 Å². The molecule has 24 heavy (non-hydrogen) atoms. The zero-order valence-corrected chi connectivity index (χ0v) is 13.9. The topological polar surface area (TPSA) is 102 Å². The van der Waals surface area contributed by atoms with Gasteiger partial charge in [-0.25, -0.2) is 0 Å². The third kappa shape index (κ3) is 3.81. The Kier molecular flexibility index (Phi) is 5.38. The highest BCUT2D eigenvalue weighted by Gasteiger charge is 2.35. The number of hydrogen-bond donors (Lipinski definition) is 1. The van der Waals surface area contributed by atoms with Crippen molar-refractivity contribution in [3.05, 3.63) is 28.3 Å². The maximum atomic E-state index is 12.5. The maximum Gasteiger partial charge on any atom is 0.271 e. The molecule has 1 aliphatic heterocycles. The highest BCUT2D eigenvalue weighted by molar-refractivity contribution is 6.04. The first-order valence-corrected chi connectivity index (χ1v) is 7.86. The smallest absolute Gasteiger partial charge is 0.271 e. The lowest BCUT2D eigenvalue weighted by molar-refractivity contribution is -0.384. The predicted molar refractivity (Wildman–Crippen MR) is 88.0 cm³/mol. The van der Waals surface area contributed by atoms with Crippen molar-refractivity contribution < 1.29 is 19.2 Å². The van der Waals surface area contributed by atoms with Gasteiger partial charge in [0.2, 0.25) is 5.91 Å². The molecule has 2 amide bonds. The van der Waals surface area contributed by atoms with E-state index in [1.165, 1.54) is 23.1 Å². The Bertz CT molecular complexity index is 659. The number of benzene rings is 1. The number of nitrogens with zero attached hydrogens (tertiary/aromatic N) is 2. The minimum absolute atomic E-state index is 0.160. The van der Waals surface area contributed by atoms with Crippen molar-refractivity contribution in [2.45, 2.75) is 33.3 Å². The van der Waals surface area contributed by atoms with Crippen LogP contribution >= 0.6 is 0 Å². The van der Waals surface area contributed by atoms with Gasteiger partial charge in [0, 0.05) is 18.7 Å². The number of non-ortho nitro benzene ring substituents is 1. The lowest BCUT2D eigenvalue weighted by Gasteiger charge is -2.33. The van der Waals surface area contributed by atoms with Gasteiger partial charge in [-0.2, -0.15) is 0 Å². The number of ether oxygens (including phenoxy) is 1. The van der Waals surface area contributed by atoms with Crippen LogP contribution in [0.3, 0.4) is 0 Å². The third-order valence-corrected chi connectivity index (χ3v) is 3.63. The van der Waals surface area contributed by atoms with Gasteiger partial charge >= 0.3 is 0 Å². The Morgan fingerprint density at radius 1 is 1.46 bits per heavy atom. The van der Waals surface area contributed by atoms with Crippen LogP contribution in [-0.4, -0.2) is 35.9 Å². The Morgan fingerprint density at radius 3 is 2.75 bits per heavy atom. The highest BCUT2D eigenvalue weighted by atomic mass is 16.6. The molecular weight excluding hydrogens is 314 g/mol. The second-order valence-electron chi connectivity index (χ2n) is 6.05. The van der Waals surface area contributed by atoms with E-state index in [-0.39, 0.29) is 35.7 Å². The van der Waals surface area contributed by atoms with E-state index >= 15 is 0 Å². The van der Waals surface area contributed by atoms with Crippen molar-refractivity contribution in [3.63, 3.8) is 0 Å². The predicted octanol–water partition coefficient (Wildman–Crippen LogP) is 1.87. The van der Waals surface area contributed by atoms with Crippen LogP contribution < -0.4 is 15.0 Å². The quantitative estimate of drug-likeness (QED) is 0.631. The van der Waals surface area contributed by atoms with Crippen molar-refractivity contribution >= 4 is 23.2 Å². The average molecular weight is 335 g/mol. The summed E-state index contributed by atoms with van der Waals surface area (Å²) >= 11 is 0. The first-order chi connectivity index (χ1) is 11.3. The fourth-order valence-corrected chi connectivity index (χ4v) is 2.36. The van der Waals surface area contributed by atoms with Gasteiger partial charge in [0.15, 0.2) is 6.10 Å². The van der Waals surface area contributed by atoms with Crippen molar-refractivity contribution in [3.8, 4) is 5.75 Å². The summed E-state index contributed by atoms with van der Waals surface area (Å²) in [6.07, 6.45) is -0.254. The van der Waals surface area contributed by atoms with Crippen LogP contribution in [0.2, 0.25) is 0 Å². The Hall–Kier alpha value is -2.64. The fourth-order valence-electron chi connectivity index (χ4n) is 2.36. The van der Waals surface area contributed by atoms with Crippen LogP contribution in [0.4, 0.5) is 11.4 Å². The standard InChI is InChI=1S/C16H21N3O5/c1-4-13-16(21)18(9-15(20)17-8-10(2)3)12-7-11(19(22)23)5-6-14(12)24-13/h5-7,10,13H,4,8-9H2,1-3H3,(H,17,20). The molecule has 1 atom stereocenters. The summed E-state index contributed by atoms with van der Waals surface area (Å²) in [6.45, 7) is 6.03. The summed E-state index contributed by atoms with van der Waals surface area (Å²) in [5.41, 5.74) is 0.0892. The Morgan fingerprint density at radius 2 is 2.17 bits per heavy atom. The monoisotopic (exact) mass is 335 g/mol. The second kappa shape index (κ2) is 7.29. The third-order valence-electron chi connectivity index (χ3n) is 3.63. The number of carbonyl (C=O) groups is 2. The van der Waals surface area contributed by atoms with Gasteiger partial charge in [-0.05, 0) is 18.4 Å². The molecule has 0 radical (unpaired) electrons. The largest absolute Gasteiger partial charge is 0.478 e. The van der Waals surface area contributed by atoms with Crippen molar-refractivity contribution in [1.82, 2.24) is 5.32 Å². The molecule has 8 nitrogen and oxygen atoms in total. The maximum absolute atomic E-state index is 12.5. The summed E-state index contributed by atoms with van der Waals surface area (Å²) in [6, 6.07) is 4.04. The number of amides is 2. The Labute approximate surface area is 139 Å². The number of anilines is 1.